The van der Waals surface area contributed by atoms with Crippen LogP contribution in [-0.4, -0.2) is 23.5 Å². The van der Waals surface area contributed by atoms with Crippen LogP contribution in [0.4, 0.5) is 13.2 Å². The number of nitrogens with one attached hydrogen (secondary N) is 2. The largest absolute Gasteiger partial charge is 0.434 e. The molecule has 1 aliphatic rings. The van der Waals surface area contributed by atoms with Crippen LogP contribution in [0.2, 0.25) is 5.02 Å². The maximum absolute atomic E-state index is 12.6. The Morgan fingerprint density at radius 2 is 2.23 bits per heavy atom. The standard InChI is InChI=1S/C17H18ClF3N4S/c1-2-22-16(23-8-15-25-14(9-26-15)17(19,20)21)24-13-7-12(13)10-4-3-5-11(18)6-10/h3-6,9,12-13H,2,7-8H2,1H3,(H2,22,23,24). The van der Waals surface area contributed by atoms with Gasteiger partial charge in [-0.25, -0.2) is 9.98 Å². The van der Waals surface area contributed by atoms with Gasteiger partial charge >= 0.3 is 6.18 Å². The van der Waals surface area contributed by atoms with Crippen LogP contribution >= 0.6 is 22.9 Å². The van der Waals surface area contributed by atoms with Crippen LogP contribution in [0.5, 0.6) is 0 Å². The van der Waals surface area contributed by atoms with E-state index in [2.05, 4.69) is 20.6 Å². The van der Waals surface area contributed by atoms with E-state index in [-0.39, 0.29) is 12.6 Å². The molecular formula is C17H18ClF3N4S. The molecular weight excluding hydrogens is 385 g/mol. The summed E-state index contributed by atoms with van der Waals surface area (Å²) < 4.78 is 37.8. The van der Waals surface area contributed by atoms with Crippen molar-refractivity contribution in [2.24, 2.45) is 4.99 Å². The van der Waals surface area contributed by atoms with E-state index in [4.69, 9.17) is 11.6 Å². The Morgan fingerprint density at radius 1 is 1.42 bits per heavy atom. The maximum Gasteiger partial charge on any atom is 0.434 e. The molecule has 1 aromatic heterocycles. The summed E-state index contributed by atoms with van der Waals surface area (Å²) in [6.45, 7) is 2.69. The van der Waals surface area contributed by atoms with Crippen LogP contribution in [0.1, 0.15) is 35.5 Å². The van der Waals surface area contributed by atoms with Crippen molar-refractivity contribution in [1.82, 2.24) is 15.6 Å². The number of thiazole rings is 1. The Labute approximate surface area is 158 Å². The van der Waals surface area contributed by atoms with Gasteiger partial charge in [0.15, 0.2) is 11.7 Å². The smallest absolute Gasteiger partial charge is 0.357 e. The molecule has 2 unspecified atom stereocenters. The maximum atomic E-state index is 12.6. The van der Waals surface area contributed by atoms with E-state index in [0.717, 1.165) is 23.1 Å². The lowest BCUT2D eigenvalue weighted by Crippen LogP contribution is -2.39. The van der Waals surface area contributed by atoms with Gasteiger partial charge in [-0.1, -0.05) is 23.7 Å². The number of rotatable bonds is 5. The van der Waals surface area contributed by atoms with Crippen molar-refractivity contribution in [3.8, 4) is 0 Å². The number of aliphatic imine (C=N–C) groups is 1. The highest BCUT2D eigenvalue weighted by Gasteiger charge is 2.39. The first-order chi connectivity index (χ1) is 12.4. The lowest BCUT2D eigenvalue weighted by atomic mass is 10.1. The summed E-state index contributed by atoms with van der Waals surface area (Å²) in [5, 5.41) is 8.48. The molecule has 0 saturated heterocycles. The van der Waals surface area contributed by atoms with Crippen molar-refractivity contribution >= 4 is 28.9 Å². The van der Waals surface area contributed by atoms with Crippen LogP contribution in [0.15, 0.2) is 34.6 Å². The van der Waals surface area contributed by atoms with Crippen LogP contribution in [0.25, 0.3) is 0 Å². The molecule has 9 heteroatoms. The number of nitrogens with zero attached hydrogens (tertiary/aromatic N) is 2. The molecule has 0 bridgehead atoms. The van der Waals surface area contributed by atoms with Gasteiger partial charge in [0, 0.05) is 28.9 Å². The second-order valence-electron chi connectivity index (χ2n) is 5.97. The molecule has 1 aliphatic carbocycles. The SMILES string of the molecule is CCNC(=NCc1nc(C(F)(F)F)cs1)NC1CC1c1cccc(Cl)c1. The van der Waals surface area contributed by atoms with Crippen LogP contribution < -0.4 is 10.6 Å². The molecule has 4 nitrogen and oxygen atoms in total. The average Bonchev–Trinajstić information content (AvgIpc) is 3.16. The second kappa shape index (κ2) is 7.84. The molecule has 1 aromatic carbocycles. The zero-order valence-corrected chi connectivity index (χ0v) is 15.5. The third-order valence-corrected chi connectivity index (χ3v) is 5.02. The second-order valence-corrected chi connectivity index (χ2v) is 7.35. The summed E-state index contributed by atoms with van der Waals surface area (Å²) in [6, 6.07) is 7.98. The summed E-state index contributed by atoms with van der Waals surface area (Å²) in [7, 11) is 0. The molecule has 0 amide bonds. The summed E-state index contributed by atoms with van der Waals surface area (Å²) in [4.78, 5) is 7.95. The Balaban J connectivity index is 1.61. The van der Waals surface area contributed by atoms with Crippen LogP contribution in [0, 0.1) is 0 Å². The van der Waals surface area contributed by atoms with Gasteiger partial charge in [0.05, 0.1) is 6.54 Å². The Morgan fingerprint density at radius 3 is 2.88 bits per heavy atom. The van der Waals surface area contributed by atoms with E-state index in [9.17, 15) is 13.2 Å². The molecule has 26 heavy (non-hydrogen) atoms. The number of alkyl halides is 3. The fourth-order valence-electron chi connectivity index (χ4n) is 2.62. The summed E-state index contributed by atoms with van der Waals surface area (Å²) in [5.74, 6) is 0.931. The van der Waals surface area contributed by atoms with Gasteiger partial charge in [-0.15, -0.1) is 11.3 Å². The van der Waals surface area contributed by atoms with Crippen molar-refractivity contribution in [3.05, 3.63) is 50.9 Å². The third-order valence-electron chi connectivity index (χ3n) is 3.95. The molecule has 3 rings (SSSR count). The van der Waals surface area contributed by atoms with Gasteiger partial charge in [-0.2, -0.15) is 13.2 Å². The summed E-state index contributed by atoms with van der Waals surface area (Å²) in [5.41, 5.74) is 0.300. The van der Waals surface area contributed by atoms with Crippen molar-refractivity contribution in [3.63, 3.8) is 0 Å². The van der Waals surface area contributed by atoms with Gasteiger partial charge in [0.2, 0.25) is 0 Å². The van der Waals surface area contributed by atoms with E-state index >= 15 is 0 Å². The Bertz CT molecular complexity index is 790. The molecule has 0 spiro atoms. The summed E-state index contributed by atoms with van der Waals surface area (Å²) >= 11 is 6.99. The monoisotopic (exact) mass is 402 g/mol. The zero-order chi connectivity index (χ0) is 18.7. The van der Waals surface area contributed by atoms with Crippen LogP contribution in [0.3, 0.4) is 0 Å². The molecule has 140 valence electrons. The topological polar surface area (TPSA) is 49.3 Å². The van der Waals surface area contributed by atoms with Crippen LogP contribution in [-0.2, 0) is 12.7 Å². The van der Waals surface area contributed by atoms with E-state index < -0.39 is 11.9 Å². The van der Waals surface area contributed by atoms with Crippen molar-refractivity contribution in [2.75, 3.05) is 6.54 Å². The fraction of sp³-hybridized carbons (Fsp3) is 0.412. The molecule has 0 aliphatic heterocycles. The Hall–Kier alpha value is -1.80. The molecule has 2 N–H and O–H groups in total. The van der Waals surface area contributed by atoms with Crippen molar-refractivity contribution in [2.45, 2.75) is 38.0 Å². The average molecular weight is 403 g/mol. The minimum Gasteiger partial charge on any atom is -0.357 e. The predicted octanol–water partition coefficient (Wildman–Crippen LogP) is 4.43. The quantitative estimate of drug-likeness (QED) is 0.574. The fourth-order valence-corrected chi connectivity index (χ4v) is 3.54. The normalized spacial score (nSPS) is 20.1. The van der Waals surface area contributed by atoms with Gasteiger partial charge in [0.25, 0.3) is 0 Å². The number of hydrogen-bond donors (Lipinski definition) is 2. The van der Waals surface area contributed by atoms with E-state index in [1.54, 1.807) is 0 Å². The van der Waals surface area contributed by atoms with Gasteiger partial charge < -0.3 is 10.6 Å². The van der Waals surface area contributed by atoms with Crippen molar-refractivity contribution in [1.29, 1.82) is 0 Å². The lowest BCUT2D eigenvalue weighted by molar-refractivity contribution is -0.140. The van der Waals surface area contributed by atoms with Gasteiger partial charge in [0.1, 0.15) is 5.01 Å². The molecule has 2 atom stereocenters. The number of halogens is 4. The van der Waals surface area contributed by atoms with Gasteiger partial charge in [-0.05, 0) is 31.0 Å². The highest BCUT2D eigenvalue weighted by Crippen LogP contribution is 2.41. The minimum atomic E-state index is -4.42. The first-order valence-electron chi connectivity index (χ1n) is 8.18. The molecule has 0 radical (unpaired) electrons. The van der Waals surface area contributed by atoms with E-state index in [1.807, 2.05) is 31.2 Å². The Kier molecular flexibility index (Phi) is 5.72. The molecule has 1 fully saturated rings. The number of hydrogen-bond acceptors (Lipinski definition) is 3. The third kappa shape index (κ3) is 4.88. The number of benzene rings is 1. The lowest BCUT2D eigenvalue weighted by Gasteiger charge is -2.11. The van der Waals surface area contributed by atoms with E-state index in [0.29, 0.717) is 28.5 Å². The zero-order valence-electron chi connectivity index (χ0n) is 14.0. The van der Waals surface area contributed by atoms with E-state index in [1.165, 1.54) is 5.56 Å². The molecule has 2 aromatic rings. The summed E-state index contributed by atoms with van der Waals surface area (Å²) in [6.07, 6.45) is -3.46. The highest BCUT2D eigenvalue weighted by molar-refractivity contribution is 7.09. The van der Waals surface area contributed by atoms with Gasteiger partial charge in [-0.3, -0.25) is 0 Å². The first-order valence-corrected chi connectivity index (χ1v) is 9.44. The highest BCUT2D eigenvalue weighted by atomic mass is 35.5. The minimum absolute atomic E-state index is 0.102. The van der Waals surface area contributed by atoms with Crippen molar-refractivity contribution < 1.29 is 13.2 Å². The molecule has 1 saturated carbocycles. The molecule has 1 heterocycles. The predicted molar refractivity (Wildman–Crippen MR) is 97.7 cm³/mol. The number of aromatic nitrogens is 1. The first kappa shape index (κ1) is 19.0. The number of guanidine groups is 1.